The Balaban J connectivity index is 1.31. The van der Waals surface area contributed by atoms with Crippen LogP contribution in [0.1, 0.15) is 24.8 Å². The third-order valence-electron chi connectivity index (χ3n) is 6.10. The summed E-state index contributed by atoms with van der Waals surface area (Å²) in [6, 6.07) is 17.2. The number of primary amides is 1. The van der Waals surface area contributed by atoms with E-state index in [9.17, 15) is 14.4 Å². The van der Waals surface area contributed by atoms with Gasteiger partial charge >= 0.3 is 0 Å². The molecule has 0 radical (unpaired) electrons. The maximum atomic E-state index is 12.7. The summed E-state index contributed by atoms with van der Waals surface area (Å²) in [5.41, 5.74) is 8.12. The second-order valence-corrected chi connectivity index (χ2v) is 8.40. The molecule has 31 heavy (non-hydrogen) atoms. The van der Waals surface area contributed by atoms with Gasteiger partial charge in [0.2, 0.25) is 17.7 Å². The molecule has 2 aromatic rings. The fourth-order valence-corrected chi connectivity index (χ4v) is 4.37. The highest BCUT2D eigenvalue weighted by molar-refractivity contribution is 6.03. The van der Waals surface area contributed by atoms with Crippen LogP contribution in [0, 0.1) is 11.8 Å². The summed E-state index contributed by atoms with van der Waals surface area (Å²) in [4.78, 5) is 40.4. The fraction of sp³-hybridized carbons (Fsp3) is 0.375. The monoisotopic (exact) mass is 420 g/mol. The molecular formula is C24H28N4O3. The number of hydrogen-bond donors (Lipinski definition) is 2. The number of benzene rings is 2. The van der Waals surface area contributed by atoms with Crippen molar-refractivity contribution < 1.29 is 14.4 Å². The Kier molecular flexibility index (Phi) is 6.32. The molecule has 4 rings (SSSR count). The second-order valence-electron chi connectivity index (χ2n) is 8.40. The third-order valence-corrected chi connectivity index (χ3v) is 6.10. The van der Waals surface area contributed by atoms with Crippen LogP contribution in [0.5, 0.6) is 0 Å². The predicted octanol–water partition coefficient (Wildman–Crippen LogP) is 2.38. The van der Waals surface area contributed by atoms with E-state index >= 15 is 0 Å². The first-order valence-electron chi connectivity index (χ1n) is 10.8. The molecule has 0 spiro atoms. The number of piperidine rings is 1. The molecule has 7 heteroatoms. The molecule has 3 N–H and O–H groups in total. The summed E-state index contributed by atoms with van der Waals surface area (Å²) in [6.45, 7) is 2.79. The van der Waals surface area contributed by atoms with E-state index in [1.807, 2.05) is 54.6 Å². The molecule has 3 amide bonds. The van der Waals surface area contributed by atoms with E-state index in [1.165, 1.54) is 0 Å². The normalized spacial score (nSPS) is 21.8. The molecule has 2 heterocycles. The van der Waals surface area contributed by atoms with Crippen LogP contribution in [0.25, 0.3) is 0 Å². The van der Waals surface area contributed by atoms with Crippen molar-refractivity contribution in [1.82, 2.24) is 4.90 Å². The van der Waals surface area contributed by atoms with E-state index in [-0.39, 0.29) is 36.0 Å². The number of para-hydroxylation sites is 1. The summed E-state index contributed by atoms with van der Waals surface area (Å²) < 4.78 is 0. The van der Waals surface area contributed by atoms with E-state index in [2.05, 4.69) is 10.2 Å². The molecule has 0 saturated carbocycles. The van der Waals surface area contributed by atoms with Crippen molar-refractivity contribution in [1.29, 1.82) is 0 Å². The Hall–Kier alpha value is -3.19. The zero-order valence-corrected chi connectivity index (χ0v) is 17.5. The van der Waals surface area contributed by atoms with Gasteiger partial charge in [-0.25, -0.2) is 0 Å². The number of likely N-dealkylation sites (tertiary alicyclic amines) is 1. The highest BCUT2D eigenvalue weighted by Gasteiger charge is 2.35. The van der Waals surface area contributed by atoms with Gasteiger partial charge in [0.1, 0.15) is 0 Å². The molecule has 2 fully saturated rings. The Bertz CT molecular complexity index is 945. The van der Waals surface area contributed by atoms with Gasteiger partial charge in [0.05, 0.1) is 11.8 Å². The van der Waals surface area contributed by atoms with Crippen LogP contribution in [-0.2, 0) is 20.9 Å². The molecule has 2 unspecified atom stereocenters. The van der Waals surface area contributed by atoms with Gasteiger partial charge in [-0.15, -0.1) is 0 Å². The molecule has 2 saturated heterocycles. The Labute approximate surface area is 182 Å². The first-order chi connectivity index (χ1) is 15.0. The minimum atomic E-state index is -0.369. The van der Waals surface area contributed by atoms with Crippen molar-refractivity contribution in [2.24, 2.45) is 17.6 Å². The number of carbonyl (C=O) groups is 3. The maximum Gasteiger partial charge on any atom is 0.229 e. The summed E-state index contributed by atoms with van der Waals surface area (Å²) >= 11 is 0. The van der Waals surface area contributed by atoms with Gasteiger partial charge in [0.15, 0.2) is 0 Å². The molecule has 2 atom stereocenters. The number of rotatable bonds is 6. The van der Waals surface area contributed by atoms with Crippen LogP contribution in [0.2, 0.25) is 0 Å². The lowest BCUT2D eigenvalue weighted by atomic mass is 9.97. The Morgan fingerprint density at radius 1 is 1.00 bits per heavy atom. The van der Waals surface area contributed by atoms with E-state index in [4.69, 9.17) is 5.73 Å². The van der Waals surface area contributed by atoms with Crippen molar-refractivity contribution >= 4 is 29.1 Å². The molecular weight excluding hydrogens is 392 g/mol. The summed E-state index contributed by atoms with van der Waals surface area (Å²) in [5.74, 6) is -0.834. The van der Waals surface area contributed by atoms with Crippen molar-refractivity contribution in [3.8, 4) is 0 Å². The van der Waals surface area contributed by atoms with Gasteiger partial charge in [-0.2, -0.15) is 0 Å². The van der Waals surface area contributed by atoms with E-state index in [0.29, 0.717) is 18.8 Å². The van der Waals surface area contributed by atoms with Crippen molar-refractivity contribution in [2.45, 2.75) is 25.8 Å². The minimum Gasteiger partial charge on any atom is -0.369 e. The number of carbonyl (C=O) groups excluding carboxylic acids is 3. The minimum absolute atomic E-state index is 0.0301. The van der Waals surface area contributed by atoms with Crippen LogP contribution >= 0.6 is 0 Å². The van der Waals surface area contributed by atoms with Crippen LogP contribution in [0.4, 0.5) is 11.4 Å². The number of nitrogens with zero attached hydrogens (tertiary/aromatic N) is 2. The maximum absolute atomic E-state index is 12.7. The zero-order chi connectivity index (χ0) is 21.8. The van der Waals surface area contributed by atoms with Gasteiger partial charge in [-0.3, -0.25) is 19.3 Å². The fourth-order valence-electron chi connectivity index (χ4n) is 4.37. The molecule has 7 nitrogen and oxygen atoms in total. The average Bonchev–Trinajstić information content (AvgIpc) is 3.18. The SMILES string of the molecule is NC(=O)C1CCCN(Cc2ccc(NC(=O)C3CC(=O)N(c4ccccc4)C3)cc2)C1. The molecule has 2 aliphatic heterocycles. The number of hydrogen-bond acceptors (Lipinski definition) is 4. The smallest absolute Gasteiger partial charge is 0.229 e. The van der Waals surface area contributed by atoms with Gasteiger partial charge in [-0.1, -0.05) is 30.3 Å². The highest BCUT2D eigenvalue weighted by Crippen LogP contribution is 2.26. The second kappa shape index (κ2) is 9.31. The van der Waals surface area contributed by atoms with Gasteiger partial charge in [0, 0.05) is 37.4 Å². The largest absolute Gasteiger partial charge is 0.369 e. The van der Waals surface area contributed by atoms with Crippen LogP contribution in [-0.4, -0.2) is 42.3 Å². The van der Waals surface area contributed by atoms with E-state index in [0.717, 1.165) is 37.2 Å². The van der Waals surface area contributed by atoms with Crippen molar-refractivity contribution in [3.05, 3.63) is 60.2 Å². The van der Waals surface area contributed by atoms with Gasteiger partial charge in [0.25, 0.3) is 0 Å². The van der Waals surface area contributed by atoms with Crippen LogP contribution in [0.3, 0.4) is 0 Å². The first kappa shape index (κ1) is 21.1. The number of amides is 3. The van der Waals surface area contributed by atoms with Crippen molar-refractivity contribution in [3.63, 3.8) is 0 Å². The first-order valence-corrected chi connectivity index (χ1v) is 10.8. The van der Waals surface area contributed by atoms with Crippen LogP contribution < -0.4 is 16.0 Å². The lowest BCUT2D eigenvalue weighted by Crippen LogP contribution is -2.40. The summed E-state index contributed by atoms with van der Waals surface area (Å²) in [6.07, 6.45) is 2.05. The predicted molar refractivity (Wildman–Crippen MR) is 119 cm³/mol. The molecule has 0 bridgehead atoms. The van der Waals surface area contributed by atoms with Gasteiger partial charge < -0.3 is 16.0 Å². The number of nitrogens with one attached hydrogen (secondary N) is 1. The molecule has 0 aliphatic carbocycles. The third kappa shape index (κ3) is 5.11. The van der Waals surface area contributed by atoms with Crippen LogP contribution in [0.15, 0.2) is 54.6 Å². The lowest BCUT2D eigenvalue weighted by Gasteiger charge is -2.31. The lowest BCUT2D eigenvalue weighted by molar-refractivity contribution is -0.123. The number of nitrogens with two attached hydrogens (primary N) is 1. The number of anilines is 2. The quantitative estimate of drug-likeness (QED) is 0.750. The zero-order valence-electron chi connectivity index (χ0n) is 17.5. The topological polar surface area (TPSA) is 95.7 Å². The molecule has 2 aliphatic rings. The summed E-state index contributed by atoms with van der Waals surface area (Å²) in [5, 5.41) is 2.94. The Morgan fingerprint density at radius 3 is 2.45 bits per heavy atom. The Morgan fingerprint density at radius 2 is 1.74 bits per heavy atom. The standard InChI is InChI=1S/C24H28N4O3/c25-23(30)18-5-4-12-27(15-18)14-17-8-10-20(11-9-17)26-24(31)19-13-22(29)28(16-19)21-6-2-1-3-7-21/h1-3,6-11,18-19H,4-5,12-16H2,(H2,25,30)(H,26,31). The highest BCUT2D eigenvalue weighted by atomic mass is 16.2. The van der Waals surface area contributed by atoms with E-state index in [1.54, 1.807) is 4.90 Å². The van der Waals surface area contributed by atoms with E-state index < -0.39 is 0 Å². The molecule has 162 valence electrons. The van der Waals surface area contributed by atoms with Crippen molar-refractivity contribution in [2.75, 3.05) is 29.9 Å². The summed E-state index contributed by atoms with van der Waals surface area (Å²) in [7, 11) is 0. The average molecular weight is 421 g/mol. The molecule has 2 aromatic carbocycles. The molecule has 0 aromatic heterocycles. The van der Waals surface area contributed by atoms with Gasteiger partial charge in [-0.05, 0) is 49.2 Å².